The molecule has 0 unspecified atom stereocenters. The average Bonchev–Trinajstić information content (AvgIpc) is 2.63. The van der Waals surface area contributed by atoms with E-state index in [4.69, 9.17) is 4.74 Å². The summed E-state index contributed by atoms with van der Waals surface area (Å²) in [6.45, 7) is 3.03. The molecule has 1 aliphatic heterocycles. The molecular formula is C12H13NOS. The Hall–Kier alpha value is -1.06. The quantitative estimate of drug-likeness (QED) is 0.856. The minimum atomic E-state index is 0.693. The Balaban J connectivity index is 1.80. The normalized spacial score (nSPS) is 16.5. The van der Waals surface area contributed by atoms with E-state index < -0.39 is 0 Å². The highest BCUT2D eigenvalue weighted by Gasteiger charge is 2.17. The molecule has 2 nitrogen and oxygen atoms in total. The lowest BCUT2D eigenvalue weighted by molar-refractivity contribution is 0.201. The molecule has 2 aromatic rings. The molecule has 0 aliphatic carbocycles. The molecule has 0 radical (unpaired) electrons. The van der Waals surface area contributed by atoms with Crippen LogP contribution in [0.25, 0.3) is 10.1 Å². The van der Waals surface area contributed by atoms with Crippen molar-refractivity contribution in [1.29, 1.82) is 0 Å². The predicted octanol–water partition coefficient (Wildman–Crippen LogP) is 2.50. The fourth-order valence-corrected chi connectivity index (χ4v) is 2.57. The number of nitrogens with one attached hydrogen (secondary N) is 1. The summed E-state index contributed by atoms with van der Waals surface area (Å²) in [4.78, 5) is 0. The lowest BCUT2D eigenvalue weighted by Gasteiger charge is -2.26. The Bertz CT molecular complexity index is 461. The summed E-state index contributed by atoms with van der Waals surface area (Å²) >= 11 is 1.76. The zero-order chi connectivity index (χ0) is 10.1. The third-order valence-corrected chi connectivity index (χ3v) is 3.68. The van der Waals surface area contributed by atoms with Crippen LogP contribution in [0.4, 0.5) is 0 Å². The maximum absolute atomic E-state index is 5.85. The van der Waals surface area contributed by atoms with Crippen LogP contribution in [0.15, 0.2) is 29.6 Å². The first-order valence-corrected chi connectivity index (χ1v) is 6.11. The van der Waals surface area contributed by atoms with Gasteiger partial charge in [-0.1, -0.05) is 6.07 Å². The smallest absolute Gasteiger partial charge is 0.127 e. The van der Waals surface area contributed by atoms with Gasteiger partial charge in [0.25, 0.3) is 0 Å². The molecule has 1 aromatic heterocycles. The van der Waals surface area contributed by atoms with Crippen molar-refractivity contribution >= 4 is 21.4 Å². The predicted molar refractivity (Wildman–Crippen MR) is 63.7 cm³/mol. The highest BCUT2D eigenvalue weighted by atomic mass is 32.1. The van der Waals surface area contributed by atoms with Gasteiger partial charge < -0.3 is 10.1 Å². The highest BCUT2D eigenvalue weighted by molar-refractivity contribution is 7.17. The van der Waals surface area contributed by atoms with Gasteiger partial charge in [0.15, 0.2) is 0 Å². The van der Waals surface area contributed by atoms with Crippen LogP contribution >= 0.6 is 11.3 Å². The van der Waals surface area contributed by atoms with E-state index >= 15 is 0 Å². The highest BCUT2D eigenvalue weighted by Crippen LogP contribution is 2.29. The summed E-state index contributed by atoms with van der Waals surface area (Å²) in [7, 11) is 0. The Morgan fingerprint density at radius 3 is 3.07 bits per heavy atom. The molecule has 0 spiro atoms. The van der Waals surface area contributed by atoms with E-state index in [0.717, 1.165) is 25.4 Å². The topological polar surface area (TPSA) is 21.3 Å². The van der Waals surface area contributed by atoms with E-state index in [1.54, 1.807) is 11.3 Å². The van der Waals surface area contributed by atoms with Crippen molar-refractivity contribution in [3.63, 3.8) is 0 Å². The summed E-state index contributed by atoms with van der Waals surface area (Å²) in [6, 6.07) is 8.39. The molecular weight excluding hydrogens is 206 g/mol. The summed E-state index contributed by atoms with van der Waals surface area (Å²) in [5.74, 6) is 1.72. The van der Waals surface area contributed by atoms with Crippen LogP contribution in [-0.2, 0) is 0 Å². The molecule has 2 heterocycles. The number of hydrogen-bond donors (Lipinski definition) is 1. The Labute approximate surface area is 92.9 Å². The van der Waals surface area contributed by atoms with Crippen LogP contribution < -0.4 is 10.1 Å². The zero-order valence-corrected chi connectivity index (χ0v) is 9.22. The SMILES string of the molecule is c1cc(OCC2CNC2)c2ccsc2c1. The van der Waals surface area contributed by atoms with Crippen LogP contribution in [0.2, 0.25) is 0 Å². The van der Waals surface area contributed by atoms with Crippen molar-refractivity contribution in [1.82, 2.24) is 5.32 Å². The fourth-order valence-electron chi connectivity index (χ4n) is 1.77. The summed E-state index contributed by atoms with van der Waals surface area (Å²) < 4.78 is 7.15. The van der Waals surface area contributed by atoms with Gasteiger partial charge >= 0.3 is 0 Å². The number of thiophene rings is 1. The van der Waals surface area contributed by atoms with Gasteiger partial charge in [0, 0.05) is 29.1 Å². The first-order chi connectivity index (χ1) is 7.43. The van der Waals surface area contributed by atoms with E-state index in [1.165, 1.54) is 10.1 Å². The Morgan fingerprint density at radius 2 is 2.27 bits per heavy atom. The van der Waals surface area contributed by atoms with Crippen molar-refractivity contribution < 1.29 is 4.74 Å². The van der Waals surface area contributed by atoms with Crippen LogP contribution in [0.5, 0.6) is 5.75 Å². The molecule has 3 heteroatoms. The average molecular weight is 219 g/mol. The molecule has 0 bridgehead atoms. The Morgan fingerprint density at radius 1 is 1.33 bits per heavy atom. The van der Waals surface area contributed by atoms with E-state index in [1.807, 2.05) is 0 Å². The fraction of sp³-hybridized carbons (Fsp3) is 0.333. The molecule has 15 heavy (non-hydrogen) atoms. The number of fused-ring (bicyclic) bond motifs is 1. The monoisotopic (exact) mass is 219 g/mol. The second-order valence-corrected chi connectivity index (χ2v) is 4.87. The van der Waals surface area contributed by atoms with Gasteiger partial charge in [-0.25, -0.2) is 0 Å². The van der Waals surface area contributed by atoms with Crippen LogP contribution in [-0.4, -0.2) is 19.7 Å². The maximum atomic E-state index is 5.85. The van der Waals surface area contributed by atoms with E-state index in [9.17, 15) is 0 Å². The summed E-state index contributed by atoms with van der Waals surface area (Å²) in [6.07, 6.45) is 0. The maximum Gasteiger partial charge on any atom is 0.127 e. The lowest BCUT2D eigenvalue weighted by Crippen LogP contribution is -2.45. The first kappa shape index (κ1) is 9.19. The molecule has 3 rings (SSSR count). The van der Waals surface area contributed by atoms with Gasteiger partial charge in [-0.15, -0.1) is 11.3 Å². The first-order valence-electron chi connectivity index (χ1n) is 5.23. The van der Waals surface area contributed by atoms with Crippen LogP contribution in [0, 0.1) is 5.92 Å². The minimum Gasteiger partial charge on any atom is -0.493 e. The van der Waals surface area contributed by atoms with E-state index in [0.29, 0.717) is 5.92 Å². The van der Waals surface area contributed by atoms with Crippen molar-refractivity contribution in [2.45, 2.75) is 0 Å². The van der Waals surface area contributed by atoms with E-state index in [-0.39, 0.29) is 0 Å². The Kier molecular flexibility index (Phi) is 2.35. The summed E-state index contributed by atoms with van der Waals surface area (Å²) in [5, 5.41) is 6.61. The standard InChI is InChI=1S/C12H13NOS/c1-2-11(14-8-9-6-13-7-9)10-4-5-15-12(10)3-1/h1-5,9,13H,6-8H2. The second kappa shape index (κ2) is 3.83. The van der Waals surface area contributed by atoms with Crippen LogP contribution in [0.3, 0.4) is 0 Å². The van der Waals surface area contributed by atoms with Gasteiger partial charge in [-0.05, 0) is 23.6 Å². The largest absolute Gasteiger partial charge is 0.493 e. The lowest BCUT2D eigenvalue weighted by atomic mass is 10.1. The van der Waals surface area contributed by atoms with Crippen LogP contribution in [0.1, 0.15) is 0 Å². The number of rotatable bonds is 3. The van der Waals surface area contributed by atoms with E-state index in [2.05, 4.69) is 35.0 Å². The second-order valence-electron chi connectivity index (χ2n) is 3.92. The van der Waals surface area contributed by atoms with Gasteiger partial charge in [-0.3, -0.25) is 0 Å². The number of ether oxygens (including phenoxy) is 1. The molecule has 1 saturated heterocycles. The van der Waals surface area contributed by atoms with Crippen molar-refractivity contribution in [2.75, 3.05) is 19.7 Å². The molecule has 78 valence electrons. The number of benzene rings is 1. The minimum absolute atomic E-state index is 0.693. The molecule has 1 aromatic carbocycles. The molecule has 0 saturated carbocycles. The third-order valence-electron chi connectivity index (χ3n) is 2.80. The van der Waals surface area contributed by atoms with Crippen molar-refractivity contribution in [2.24, 2.45) is 5.92 Å². The molecule has 0 amide bonds. The number of hydrogen-bond acceptors (Lipinski definition) is 3. The third kappa shape index (κ3) is 1.73. The van der Waals surface area contributed by atoms with Gasteiger partial charge in [0.2, 0.25) is 0 Å². The van der Waals surface area contributed by atoms with Crippen molar-refractivity contribution in [3.05, 3.63) is 29.6 Å². The van der Waals surface area contributed by atoms with Gasteiger partial charge in [0.05, 0.1) is 6.61 Å². The summed E-state index contributed by atoms with van der Waals surface area (Å²) in [5.41, 5.74) is 0. The molecule has 1 aliphatic rings. The molecule has 0 atom stereocenters. The van der Waals surface area contributed by atoms with Gasteiger partial charge in [-0.2, -0.15) is 0 Å². The van der Waals surface area contributed by atoms with Gasteiger partial charge in [0.1, 0.15) is 5.75 Å². The molecule has 1 fully saturated rings. The zero-order valence-electron chi connectivity index (χ0n) is 8.40. The molecule has 1 N–H and O–H groups in total. The van der Waals surface area contributed by atoms with Crippen molar-refractivity contribution in [3.8, 4) is 5.75 Å².